The molecule has 0 saturated carbocycles. The molecule has 0 aliphatic heterocycles. The first kappa shape index (κ1) is 12.2. The molecule has 2 atom stereocenters. The van der Waals surface area contributed by atoms with Gasteiger partial charge in [-0.15, -0.1) is 0 Å². The van der Waals surface area contributed by atoms with E-state index < -0.39 is 0 Å². The molecule has 2 aliphatic carbocycles. The number of allylic oxidation sites excluding steroid dienone is 2. The van der Waals surface area contributed by atoms with Crippen molar-refractivity contribution in [3.05, 3.63) is 46.1 Å². The number of hydrogen-bond donors (Lipinski definition) is 1. The van der Waals surface area contributed by atoms with E-state index in [1.165, 1.54) is 23.3 Å². The minimum atomic E-state index is 0.612. The van der Waals surface area contributed by atoms with Crippen molar-refractivity contribution in [3.8, 4) is 0 Å². The second-order valence-corrected chi connectivity index (χ2v) is 6.64. The van der Waals surface area contributed by atoms with Crippen molar-refractivity contribution in [2.75, 3.05) is 5.73 Å². The maximum atomic E-state index is 6.11. The third kappa shape index (κ3) is 1.82. The zero-order chi connectivity index (χ0) is 13.9. The molecule has 20 heavy (non-hydrogen) atoms. The Balaban J connectivity index is 1.94. The molecule has 0 radical (unpaired) electrons. The molecule has 1 aromatic carbocycles. The van der Waals surface area contributed by atoms with Crippen LogP contribution in [-0.4, -0.2) is 4.98 Å². The summed E-state index contributed by atoms with van der Waals surface area (Å²) in [7, 11) is 0. The number of pyridine rings is 1. The SMILES string of the molecule is CC1=CC2Cc3nc4cc(Cl)cc(N)c4cc3C(C1)C2. The van der Waals surface area contributed by atoms with E-state index in [9.17, 15) is 0 Å². The highest BCUT2D eigenvalue weighted by molar-refractivity contribution is 6.31. The number of anilines is 1. The molecule has 2 bridgehead atoms. The zero-order valence-corrected chi connectivity index (χ0v) is 12.2. The average molecular weight is 285 g/mol. The molecule has 2 aliphatic rings. The number of nitrogens with two attached hydrogens (primary N) is 1. The fourth-order valence-corrected chi connectivity index (χ4v) is 4.06. The van der Waals surface area contributed by atoms with E-state index in [1.54, 1.807) is 0 Å². The Bertz CT molecular complexity index is 748. The van der Waals surface area contributed by atoms with E-state index in [1.807, 2.05) is 12.1 Å². The van der Waals surface area contributed by atoms with Crippen LogP contribution in [-0.2, 0) is 6.42 Å². The van der Waals surface area contributed by atoms with E-state index >= 15 is 0 Å². The summed E-state index contributed by atoms with van der Waals surface area (Å²) in [5.74, 6) is 1.27. The van der Waals surface area contributed by atoms with Crippen molar-refractivity contribution in [2.24, 2.45) is 5.92 Å². The highest BCUT2D eigenvalue weighted by Crippen LogP contribution is 2.44. The number of nitrogens with zero attached hydrogens (tertiary/aromatic N) is 1. The first-order valence-corrected chi connectivity index (χ1v) is 7.54. The fraction of sp³-hybridized carbons (Fsp3) is 0.353. The number of fused-ring (bicyclic) bond motifs is 5. The summed E-state index contributed by atoms with van der Waals surface area (Å²) in [5, 5.41) is 1.70. The smallest absolute Gasteiger partial charge is 0.0741 e. The van der Waals surface area contributed by atoms with Gasteiger partial charge in [0.25, 0.3) is 0 Å². The van der Waals surface area contributed by atoms with Crippen LogP contribution in [0.25, 0.3) is 10.9 Å². The molecule has 0 amide bonds. The third-order valence-electron chi connectivity index (χ3n) is 4.61. The number of rotatable bonds is 0. The van der Waals surface area contributed by atoms with Gasteiger partial charge < -0.3 is 5.73 Å². The normalized spacial score (nSPS) is 24.4. The number of aromatic nitrogens is 1. The van der Waals surface area contributed by atoms with Gasteiger partial charge in [-0.2, -0.15) is 0 Å². The minimum absolute atomic E-state index is 0.612. The van der Waals surface area contributed by atoms with E-state index in [-0.39, 0.29) is 0 Å². The Morgan fingerprint density at radius 2 is 2.10 bits per heavy atom. The number of hydrogen-bond acceptors (Lipinski definition) is 2. The van der Waals surface area contributed by atoms with E-state index in [0.717, 1.165) is 29.4 Å². The lowest BCUT2D eigenvalue weighted by atomic mass is 9.72. The van der Waals surface area contributed by atoms with Crippen LogP contribution < -0.4 is 5.73 Å². The van der Waals surface area contributed by atoms with Crippen molar-refractivity contribution in [3.63, 3.8) is 0 Å². The van der Waals surface area contributed by atoms with Gasteiger partial charge >= 0.3 is 0 Å². The maximum Gasteiger partial charge on any atom is 0.0741 e. The second-order valence-electron chi connectivity index (χ2n) is 6.20. The summed E-state index contributed by atoms with van der Waals surface area (Å²) in [5.41, 5.74) is 11.9. The zero-order valence-electron chi connectivity index (χ0n) is 11.5. The monoisotopic (exact) mass is 284 g/mol. The van der Waals surface area contributed by atoms with Gasteiger partial charge in [0.15, 0.2) is 0 Å². The van der Waals surface area contributed by atoms with E-state index in [0.29, 0.717) is 16.9 Å². The standard InChI is InChI=1S/C17H17ClN2/c1-9-2-10-4-11(3-9)13-8-14-15(19)6-12(18)7-17(14)20-16(13)5-10/h2,6-8,10-11H,3-5,19H2,1H3. The molecular formula is C17H17ClN2. The van der Waals surface area contributed by atoms with Gasteiger partial charge in [-0.05, 0) is 61.8 Å². The number of nitrogen functional groups attached to an aromatic ring is 1. The largest absolute Gasteiger partial charge is 0.398 e. The third-order valence-corrected chi connectivity index (χ3v) is 4.83. The van der Waals surface area contributed by atoms with Crippen LogP contribution in [0.2, 0.25) is 5.02 Å². The van der Waals surface area contributed by atoms with E-state index in [4.69, 9.17) is 22.3 Å². The molecule has 102 valence electrons. The van der Waals surface area contributed by atoms with Gasteiger partial charge in [0.2, 0.25) is 0 Å². The maximum absolute atomic E-state index is 6.11. The molecule has 2 unspecified atom stereocenters. The Hall–Kier alpha value is -1.54. The summed E-state index contributed by atoms with van der Waals surface area (Å²) in [4.78, 5) is 4.85. The van der Waals surface area contributed by atoms with Crippen LogP contribution >= 0.6 is 11.6 Å². The van der Waals surface area contributed by atoms with Crippen molar-refractivity contribution in [1.29, 1.82) is 0 Å². The predicted molar refractivity (Wildman–Crippen MR) is 84.1 cm³/mol. The van der Waals surface area contributed by atoms with Gasteiger partial charge in [-0.3, -0.25) is 4.98 Å². The van der Waals surface area contributed by atoms with Crippen molar-refractivity contribution < 1.29 is 0 Å². The summed E-state index contributed by atoms with van der Waals surface area (Å²) < 4.78 is 0. The predicted octanol–water partition coefficient (Wildman–Crippen LogP) is 4.47. The Labute approximate surface area is 123 Å². The molecule has 0 fully saturated rings. The van der Waals surface area contributed by atoms with Crippen LogP contribution in [0.4, 0.5) is 5.69 Å². The quantitative estimate of drug-likeness (QED) is 0.573. The number of benzene rings is 1. The summed E-state index contributed by atoms with van der Waals surface area (Å²) in [6.45, 7) is 2.24. The molecule has 1 heterocycles. The molecule has 2 N–H and O–H groups in total. The van der Waals surface area contributed by atoms with Crippen LogP contribution in [0.1, 0.15) is 36.9 Å². The molecule has 0 saturated heterocycles. The van der Waals surface area contributed by atoms with Crippen LogP contribution in [0.15, 0.2) is 29.8 Å². The Morgan fingerprint density at radius 3 is 2.95 bits per heavy atom. The van der Waals surface area contributed by atoms with Gasteiger partial charge in [0.1, 0.15) is 0 Å². The van der Waals surface area contributed by atoms with Gasteiger partial charge in [0.05, 0.1) is 5.52 Å². The summed E-state index contributed by atoms with van der Waals surface area (Å²) >= 11 is 6.09. The first-order valence-electron chi connectivity index (χ1n) is 7.16. The van der Waals surface area contributed by atoms with Crippen molar-refractivity contribution >= 4 is 28.2 Å². The Kier molecular flexibility index (Phi) is 2.58. The average Bonchev–Trinajstić information content (AvgIpc) is 2.36. The van der Waals surface area contributed by atoms with E-state index in [2.05, 4.69) is 19.1 Å². The van der Waals surface area contributed by atoms with Crippen LogP contribution in [0, 0.1) is 5.92 Å². The molecule has 1 aromatic heterocycles. The van der Waals surface area contributed by atoms with Gasteiger partial charge in [-0.1, -0.05) is 23.3 Å². The summed E-state index contributed by atoms with van der Waals surface area (Å²) in [6.07, 6.45) is 5.89. The molecule has 0 spiro atoms. The number of halogens is 1. The molecule has 4 rings (SSSR count). The minimum Gasteiger partial charge on any atom is -0.398 e. The highest BCUT2D eigenvalue weighted by atomic mass is 35.5. The van der Waals surface area contributed by atoms with Crippen molar-refractivity contribution in [2.45, 2.75) is 32.1 Å². The van der Waals surface area contributed by atoms with Crippen LogP contribution in [0.3, 0.4) is 0 Å². The molecule has 3 heteroatoms. The molecule has 2 aromatic rings. The van der Waals surface area contributed by atoms with Gasteiger partial charge in [0, 0.05) is 21.8 Å². The van der Waals surface area contributed by atoms with Crippen LogP contribution in [0.5, 0.6) is 0 Å². The highest BCUT2D eigenvalue weighted by Gasteiger charge is 2.30. The summed E-state index contributed by atoms with van der Waals surface area (Å²) in [6, 6.07) is 5.98. The Morgan fingerprint density at radius 1 is 1.25 bits per heavy atom. The lowest BCUT2D eigenvalue weighted by Crippen LogP contribution is -2.22. The van der Waals surface area contributed by atoms with Crippen molar-refractivity contribution in [1.82, 2.24) is 4.98 Å². The molecule has 2 nitrogen and oxygen atoms in total. The lowest BCUT2D eigenvalue weighted by Gasteiger charge is -2.34. The topological polar surface area (TPSA) is 38.9 Å². The lowest BCUT2D eigenvalue weighted by molar-refractivity contribution is 0.432. The second kappa shape index (κ2) is 4.23. The molecular weight excluding hydrogens is 268 g/mol. The fourth-order valence-electron chi connectivity index (χ4n) is 3.84. The first-order chi connectivity index (χ1) is 9.60. The van der Waals surface area contributed by atoms with Gasteiger partial charge in [-0.25, -0.2) is 0 Å².